The molecular formula is C10H10BrN3. The molecule has 0 heterocycles. The lowest BCUT2D eigenvalue weighted by atomic mass is 10.1. The Bertz CT molecular complexity index is 392. The smallest absolute Gasteiger partial charge is 0.0443 e. The van der Waals surface area contributed by atoms with E-state index in [9.17, 15) is 0 Å². The normalized spacial score (nSPS) is 10.1. The van der Waals surface area contributed by atoms with E-state index in [4.69, 9.17) is 5.53 Å². The quantitative estimate of drug-likeness (QED) is 0.442. The van der Waals surface area contributed by atoms with E-state index >= 15 is 0 Å². The third-order valence-corrected chi connectivity index (χ3v) is 2.63. The fourth-order valence-electron chi connectivity index (χ4n) is 1.04. The molecule has 0 aliphatic heterocycles. The molecule has 0 radical (unpaired) electrons. The van der Waals surface area contributed by atoms with Crippen LogP contribution in [-0.4, -0.2) is 6.54 Å². The van der Waals surface area contributed by atoms with Crippen LogP contribution in [0.1, 0.15) is 11.1 Å². The fraction of sp³-hybridized carbons (Fsp3) is 0.200. The zero-order chi connectivity index (χ0) is 10.4. The van der Waals surface area contributed by atoms with Crippen molar-refractivity contribution in [3.8, 4) is 0 Å². The third kappa shape index (κ3) is 3.24. The van der Waals surface area contributed by atoms with E-state index in [1.165, 1.54) is 5.56 Å². The summed E-state index contributed by atoms with van der Waals surface area (Å²) < 4.78 is 1.10. The monoisotopic (exact) mass is 251 g/mol. The maximum Gasteiger partial charge on any atom is 0.0443 e. The van der Waals surface area contributed by atoms with Crippen molar-refractivity contribution in [3.05, 3.63) is 50.3 Å². The van der Waals surface area contributed by atoms with Crippen LogP contribution in [0.5, 0.6) is 0 Å². The molecule has 1 aromatic rings. The molecule has 0 saturated heterocycles. The SMILES string of the molecule is Cc1cc(C=CCN=[N+]=[N-])ccc1Br. The predicted molar refractivity (Wildman–Crippen MR) is 61.9 cm³/mol. The van der Waals surface area contributed by atoms with E-state index in [2.05, 4.69) is 32.0 Å². The molecule has 0 N–H and O–H groups in total. The number of hydrogen-bond donors (Lipinski definition) is 0. The first kappa shape index (κ1) is 10.8. The zero-order valence-corrected chi connectivity index (χ0v) is 9.40. The largest absolute Gasteiger partial charge is 0.0899 e. The summed E-state index contributed by atoms with van der Waals surface area (Å²) in [6.07, 6.45) is 3.77. The highest BCUT2D eigenvalue weighted by molar-refractivity contribution is 9.10. The molecule has 0 fully saturated rings. The standard InChI is InChI=1S/C10H10BrN3/c1-8-7-9(4-5-10(8)11)3-2-6-13-14-12/h2-5,7H,6H2,1H3. The highest BCUT2D eigenvalue weighted by atomic mass is 79.9. The van der Waals surface area contributed by atoms with E-state index in [1.54, 1.807) is 0 Å². The third-order valence-electron chi connectivity index (χ3n) is 1.74. The van der Waals surface area contributed by atoms with E-state index in [0.29, 0.717) is 6.54 Å². The minimum Gasteiger partial charge on any atom is -0.0899 e. The van der Waals surface area contributed by atoms with Gasteiger partial charge in [0.25, 0.3) is 0 Å². The summed E-state index contributed by atoms with van der Waals surface area (Å²) in [5.41, 5.74) is 10.4. The van der Waals surface area contributed by atoms with Crippen LogP contribution in [0.15, 0.2) is 33.9 Å². The van der Waals surface area contributed by atoms with Gasteiger partial charge in [-0.1, -0.05) is 45.3 Å². The van der Waals surface area contributed by atoms with E-state index < -0.39 is 0 Å². The van der Waals surface area contributed by atoms with Crippen LogP contribution in [0.25, 0.3) is 16.5 Å². The molecule has 4 heteroatoms. The Morgan fingerprint density at radius 3 is 3.00 bits per heavy atom. The first-order valence-corrected chi connectivity index (χ1v) is 4.97. The lowest BCUT2D eigenvalue weighted by molar-refractivity contribution is 1.22. The van der Waals surface area contributed by atoms with E-state index in [1.807, 2.05) is 31.2 Å². The molecule has 72 valence electrons. The molecular weight excluding hydrogens is 242 g/mol. The van der Waals surface area contributed by atoms with Crippen molar-refractivity contribution < 1.29 is 0 Å². The van der Waals surface area contributed by atoms with Gasteiger partial charge in [0.15, 0.2) is 0 Å². The summed E-state index contributed by atoms with van der Waals surface area (Å²) in [6.45, 7) is 2.43. The molecule has 0 aliphatic carbocycles. The maximum absolute atomic E-state index is 8.06. The topological polar surface area (TPSA) is 48.8 Å². The molecule has 0 aromatic heterocycles. The van der Waals surface area contributed by atoms with Crippen molar-refractivity contribution in [3.63, 3.8) is 0 Å². The lowest BCUT2D eigenvalue weighted by Crippen LogP contribution is -1.78. The Morgan fingerprint density at radius 1 is 1.57 bits per heavy atom. The van der Waals surface area contributed by atoms with Gasteiger partial charge >= 0.3 is 0 Å². The first-order valence-electron chi connectivity index (χ1n) is 4.17. The van der Waals surface area contributed by atoms with Gasteiger partial charge in [-0.3, -0.25) is 0 Å². The molecule has 0 aliphatic rings. The summed E-state index contributed by atoms with van der Waals surface area (Å²) in [6, 6.07) is 6.07. The average Bonchev–Trinajstić information content (AvgIpc) is 2.18. The maximum atomic E-state index is 8.06. The van der Waals surface area contributed by atoms with Crippen molar-refractivity contribution in [2.75, 3.05) is 6.54 Å². The molecule has 0 unspecified atom stereocenters. The second-order valence-electron chi connectivity index (χ2n) is 2.82. The Morgan fingerprint density at radius 2 is 2.36 bits per heavy atom. The van der Waals surface area contributed by atoms with Crippen molar-refractivity contribution in [2.24, 2.45) is 5.11 Å². The molecule has 14 heavy (non-hydrogen) atoms. The summed E-state index contributed by atoms with van der Waals surface area (Å²) in [7, 11) is 0. The summed E-state index contributed by atoms with van der Waals surface area (Å²) in [5.74, 6) is 0. The van der Waals surface area contributed by atoms with Gasteiger partial charge in [0.1, 0.15) is 0 Å². The van der Waals surface area contributed by atoms with Crippen molar-refractivity contribution >= 4 is 22.0 Å². The summed E-state index contributed by atoms with van der Waals surface area (Å²) in [4.78, 5) is 2.66. The number of benzene rings is 1. The van der Waals surface area contributed by atoms with Crippen LogP contribution in [-0.2, 0) is 0 Å². The molecule has 1 rings (SSSR count). The zero-order valence-electron chi connectivity index (χ0n) is 7.81. The molecule has 3 nitrogen and oxygen atoms in total. The predicted octanol–water partition coefficient (Wildman–Crippen LogP) is 4.08. The number of azide groups is 1. The molecule has 0 saturated carbocycles. The minimum absolute atomic E-state index is 0.394. The van der Waals surface area contributed by atoms with Crippen molar-refractivity contribution in [2.45, 2.75) is 6.92 Å². The Balaban J connectivity index is 2.72. The van der Waals surface area contributed by atoms with Crippen molar-refractivity contribution in [1.29, 1.82) is 0 Å². The van der Waals surface area contributed by atoms with Crippen LogP contribution in [0.4, 0.5) is 0 Å². The van der Waals surface area contributed by atoms with Crippen LogP contribution in [0.3, 0.4) is 0 Å². The van der Waals surface area contributed by atoms with Gasteiger partial charge in [0, 0.05) is 15.9 Å². The van der Waals surface area contributed by atoms with Crippen LogP contribution in [0.2, 0.25) is 0 Å². The number of rotatable bonds is 3. The van der Waals surface area contributed by atoms with Crippen molar-refractivity contribution in [1.82, 2.24) is 0 Å². The van der Waals surface area contributed by atoms with Crippen LogP contribution < -0.4 is 0 Å². The second-order valence-corrected chi connectivity index (χ2v) is 3.68. The number of nitrogens with zero attached hydrogens (tertiary/aromatic N) is 3. The summed E-state index contributed by atoms with van der Waals surface area (Å²) in [5, 5.41) is 3.41. The van der Waals surface area contributed by atoms with Gasteiger partial charge in [-0.05, 0) is 29.6 Å². The van der Waals surface area contributed by atoms with Crippen LogP contribution >= 0.6 is 15.9 Å². The Labute approximate surface area is 91.2 Å². The molecule has 0 bridgehead atoms. The van der Waals surface area contributed by atoms with Gasteiger partial charge in [-0.25, -0.2) is 0 Å². The minimum atomic E-state index is 0.394. The fourth-order valence-corrected chi connectivity index (χ4v) is 1.29. The van der Waals surface area contributed by atoms with Gasteiger partial charge in [0.2, 0.25) is 0 Å². The Kier molecular flexibility index (Phi) is 4.23. The number of aryl methyl sites for hydroxylation is 1. The number of hydrogen-bond acceptors (Lipinski definition) is 1. The lowest BCUT2D eigenvalue weighted by Gasteiger charge is -1.98. The highest BCUT2D eigenvalue weighted by Gasteiger charge is 1.93. The average molecular weight is 252 g/mol. The molecule has 0 spiro atoms. The highest BCUT2D eigenvalue weighted by Crippen LogP contribution is 2.17. The first-order chi connectivity index (χ1) is 6.74. The number of halogens is 1. The van der Waals surface area contributed by atoms with Gasteiger partial charge in [-0.15, -0.1) is 0 Å². The summed E-state index contributed by atoms with van der Waals surface area (Å²) >= 11 is 3.43. The van der Waals surface area contributed by atoms with Gasteiger partial charge in [0.05, 0.1) is 0 Å². The molecule has 1 aromatic carbocycles. The van der Waals surface area contributed by atoms with E-state index in [-0.39, 0.29) is 0 Å². The van der Waals surface area contributed by atoms with E-state index in [0.717, 1.165) is 10.0 Å². The van der Waals surface area contributed by atoms with Gasteiger partial charge in [-0.2, -0.15) is 0 Å². The second kappa shape index (κ2) is 5.47. The molecule has 0 amide bonds. The Hall–Kier alpha value is -1.25. The van der Waals surface area contributed by atoms with Gasteiger partial charge < -0.3 is 0 Å². The van der Waals surface area contributed by atoms with Crippen LogP contribution in [0, 0.1) is 6.92 Å². The molecule has 0 atom stereocenters.